The highest BCUT2D eigenvalue weighted by atomic mass is 32.1. The second-order valence-corrected chi connectivity index (χ2v) is 13.5. The molecule has 2 fully saturated rings. The number of benzene rings is 1. The average molecular weight is 635 g/mol. The molecule has 6 heterocycles. The molecular weight excluding hydrogens is 596 g/mol. The quantitative estimate of drug-likeness (QED) is 0.190. The van der Waals surface area contributed by atoms with Crippen LogP contribution in [-0.2, 0) is 6.42 Å². The Morgan fingerprint density at radius 1 is 0.957 bits per heavy atom. The molecule has 2 aliphatic heterocycles. The maximum atomic E-state index is 13.6. The first-order chi connectivity index (χ1) is 22.5. The van der Waals surface area contributed by atoms with Crippen LogP contribution in [0.25, 0.3) is 28.0 Å². The van der Waals surface area contributed by atoms with Crippen LogP contribution in [0.15, 0.2) is 60.9 Å². The van der Waals surface area contributed by atoms with Crippen molar-refractivity contribution in [1.82, 2.24) is 24.7 Å². The Kier molecular flexibility index (Phi) is 8.69. The second kappa shape index (κ2) is 13.2. The van der Waals surface area contributed by atoms with Gasteiger partial charge < -0.3 is 15.1 Å². The highest BCUT2D eigenvalue weighted by Gasteiger charge is 2.25. The molecular formula is C36H39FN8S. The van der Waals surface area contributed by atoms with E-state index in [0.717, 1.165) is 65.4 Å². The molecule has 0 atom stereocenters. The number of halogens is 1. The SMILES string of the molecule is CCc1nc2ccc(-c3ccc(N4CCC(CC5CCNCC5)CC4)nc3)cn2c1N(C)c1nc(-c2ccc(F)cc2)c(C#N)s1. The standard InChI is InChI=1S/C36H39FN8S/c1-3-30-35(43(2)36-42-34(31(21-38)46-36)26-4-8-29(37)9-5-26)45-23-28(7-11-33(45)41-30)27-6-10-32(40-22-27)44-18-14-25(15-19-44)20-24-12-16-39-17-13-24/h4-11,22-25,39H,3,12-20H2,1-2H3. The van der Waals surface area contributed by atoms with Gasteiger partial charge in [0.15, 0.2) is 5.13 Å². The molecule has 0 bridgehead atoms. The van der Waals surface area contributed by atoms with Crippen LogP contribution in [0.5, 0.6) is 0 Å². The summed E-state index contributed by atoms with van der Waals surface area (Å²) in [5, 5.41) is 14.0. The van der Waals surface area contributed by atoms with E-state index in [1.165, 1.54) is 68.7 Å². The van der Waals surface area contributed by atoms with Gasteiger partial charge in [-0.05, 0) is 112 Å². The van der Waals surface area contributed by atoms with Crippen molar-refractivity contribution in [2.24, 2.45) is 11.8 Å². The van der Waals surface area contributed by atoms with Gasteiger partial charge in [-0.15, -0.1) is 0 Å². The lowest BCUT2D eigenvalue weighted by Crippen LogP contribution is -2.36. The first-order valence-corrected chi connectivity index (χ1v) is 17.2. The Balaban J connectivity index is 1.11. The van der Waals surface area contributed by atoms with Gasteiger partial charge in [0.1, 0.15) is 39.7 Å². The van der Waals surface area contributed by atoms with Crippen molar-refractivity contribution >= 4 is 33.8 Å². The minimum absolute atomic E-state index is 0.322. The molecule has 0 unspecified atom stereocenters. The highest BCUT2D eigenvalue weighted by Crippen LogP contribution is 2.37. The number of pyridine rings is 2. The fraction of sp³-hybridized carbons (Fsp3) is 0.389. The molecule has 46 heavy (non-hydrogen) atoms. The van der Waals surface area contributed by atoms with Gasteiger partial charge in [-0.2, -0.15) is 5.26 Å². The third-order valence-corrected chi connectivity index (χ3v) is 10.6. The predicted octanol–water partition coefficient (Wildman–Crippen LogP) is 7.47. The number of hydrogen-bond acceptors (Lipinski definition) is 8. The van der Waals surface area contributed by atoms with E-state index in [2.05, 4.69) is 52.0 Å². The Morgan fingerprint density at radius 3 is 2.37 bits per heavy atom. The molecule has 2 aliphatic rings. The zero-order valence-electron chi connectivity index (χ0n) is 26.4. The fourth-order valence-electron chi connectivity index (χ4n) is 7.00. The monoisotopic (exact) mass is 634 g/mol. The van der Waals surface area contributed by atoms with Gasteiger partial charge in [0.05, 0.1) is 5.69 Å². The van der Waals surface area contributed by atoms with Crippen LogP contribution in [0, 0.1) is 29.0 Å². The molecule has 0 aliphatic carbocycles. The van der Waals surface area contributed by atoms with Crippen LogP contribution in [-0.4, -0.2) is 52.6 Å². The summed E-state index contributed by atoms with van der Waals surface area (Å²) in [6.07, 6.45) is 11.4. The summed E-state index contributed by atoms with van der Waals surface area (Å²) in [6, 6.07) is 16.8. The highest BCUT2D eigenvalue weighted by molar-refractivity contribution is 7.16. The fourth-order valence-corrected chi connectivity index (χ4v) is 7.85. The molecule has 0 spiro atoms. The summed E-state index contributed by atoms with van der Waals surface area (Å²) in [7, 11) is 1.95. The molecule has 1 N–H and O–H groups in total. The number of aryl methyl sites for hydroxylation is 1. The summed E-state index contributed by atoms with van der Waals surface area (Å²) < 4.78 is 15.7. The number of piperidine rings is 2. The molecule has 8 nitrogen and oxygen atoms in total. The van der Waals surface area contributed by atoms with E-state index in [9.17, 15) is 9.65 Å². The zero-order valence-corrected chi connectivity index (χ0v) is 27.2. The largest absolute Gasteiger partial charge is 0.357 e. The number of anilines is 3. The second-order valence-electron chi connectivity index (χ2n) is 12.5. The number of aromatic nitrogens is 4. The third kappa shape index (κ3) is 6.09. The minimum atomic E-state index is -0.322. The van der Waals surface area contributed by atoms with E-state index in [0.29, 0.717) is 21.3 Å². The topological polar surface area (TPSA) is 85.4 Å². The lowest BCUT2D eigenvalue weighted by Gasteiger charge is -2.35. The van der Waals surface area contributed by atoms with Crippen molar-refractivity contribution in [3.05, 3.63) is 77.3 Å². The molecule has 0 saturated carbocycles. The molecule has 4 aromatic heterocycles. The number of nitriles is 1. The average Bonchev–Trinajstić information content (AvgIpc) is 3.71. The molecule has 236 valence electrons. The number of hydrogen-bond donors (Lipinski definition) is 1. The Bertz CT molecular complexity index is 1840. The molecule has 0 radical (unpaired) electrons. The van der Waals surface area contributed by atoms with Gasteiger partial charge in [0, 0.05) is 49.2 Å². The van der Waals surface area contributed by atoms with Crippen molar-refractivity contribution < 1.29 is 4.39 Å². The summed E-state index contributed by atoms with van der Waals surface area (Å²) in [5.41, 5.74) is 5.14. The molecule has 1 aromatic carbocycles. The first-order valence-electron chi connectivity index (χ1n) is 16.3. The van der Waals surface area contributed by atoms with Gasteiger partial charge in [-0.25, -0.2) is 19.3 Å². The van der Waals surface area contributed by atoms with Crippen molar-refractivity contribution in [2.45, 2.75) is 45.4 Å². The maximum Gasteiger partial charge on any atom is 0.192 e. The Hall–Kier alpha value is -4.33. The van der Waals surface area contributed by atoms with Gasteiger partial charge in [0.2, 0.25) is 0 Å². The Labute approximate surface area is 273 Å². The zero-order chi connectivity index (χ0) is 31.6. The van der Waals surface area contributed by atoms with Gasteiger partial charge in [-0.1, -0.05) is 18.3 Å². The van der Waals surface area contributed by atoms with Crippen molar-refractivity contribution in [2.75, 3.05) is 43.0 Å². The van der Waals surface area contributed by atoms with Gasteiger partial charge in [0.25, 0.3) is 0 Å². The number of nitrogens with one attached hydrogen (secondary N) is 1. The molecule has 0 amide bonds. The third-order valence-electron chi connectivity index (χ3n) is 9.58. The normalized spacial score (nSPS) is 16.2. The van der Waals surface area contributed by atoms with Crippen LogP contribution < -0.4 is 15.1 Å². The minimum Gasteiger partial charge on any atom is -0.357 e. The molecule has 5 aromatic rings. The molecule has 7 rings (SSSR count). The van der Waals surface area contributed by atoms with Crippen molar-refractivity contribution in [1.29, 1.82) is 5.26 Å². The van der Waals surface area contributed by atoms with Crippen LogP contribution in [0.4, 0.5) is 21.2 Å². The maximum absolute atomic E-state index is 13.6. The van der Waals surface area contributed by atoms with E-state index < -0.39 is 0 Å². The van der Waals surface area contributed by atoms with E-state index in [-0.39, 0.29) is 5.82 Å². The lowest BCUT2D eigenvalue weighted by atomic mass is 9.83. The number of thiazole rings is 1. The number of imidazole rings is 1. The van der Waals surface area contributed by atoms with E-state index >= 15 is 0 Å². The van der Waals surface area contributed by atoms with Crippen LogP contribution in [0.3, 0.4) is 0 Å². The summed E-state index contributed by atoms with van der Waals surface area (Å²) in [5.74, 6) is 3.37. The van der Waals surface area contributed by atoms with Crippen molar-refractivity contribution in [3.8, 4) is 28.5 Å². The molecule has 10 heteroatoms. The molecule has 2 saturated heterocycles. The lowest BCUT2D eigenvalue weighted by molar-refractivity contribution is 0.268. The van der Waals surface area contributed by atoms with Gasteiger partial charge in [-0.3, -0.25) is 4.40 Å². The first kappa shape index (κ1) is 30.3. The van der Waals surface area contributed by atoms with E-state index in [1.807, 2.05) is 24.2 Å². The summed E-state index contributed by atoms with van der Waals surface area (Å²) >= 11 is 1.32. The van der Waals surface area contributed by atoms with E-state index in [1.54, 1.807) is 12.1 Å². The van der Waals surface area contributed by atoms with Crippen LogP contribution in [0.1, 0.15) is 49.6 Å². The van der Waals surface area contributed by atoms with Gasteiger partial charge >= 0.3 is 0 Å². The number of nitrogens with zero attached hydrogens (tertiary/aromatic N) is 7. The van der Waals surface area contributed by atoms with Crippen LogP contribution in [0.2, 0.25) is 0 Å². The van der Waals surface area contributed by atoms with E-state index in [4.69, 9.17) is 15.0 Å². The predicted molar refractivity (Wildman–Crippen MR) is 183 cm³/mol. The smallest absolute Gasteiger partial charge is 0.192 e. The Morgan fingerprint density at radius 2 is 1.67 bits per heavy atom. The number of fused-ring (bicyclic) bond motifs is 1. The van der Waals surface area contributed by atoms with Crippen molar-refractivity contribution in [3.63, 3.8) is 0 Å². The van der Waals surface area contributed by atoms with Crippen LogP contribution >= 0.6 is 11.3 Å². The summed E-state index contributed by atoms with van der Waals surface area (Å²) in [4.78, 5) is 19.6. The summed E-state index contributed by atoms with van der Waals surface area (Å²) in [6.45, 7) is 6.60. The number of rotatable bonds is 8.